The van der Waals surface area contributed by atoms with Crippen molar-refractivity contribution in [2.24, 2.45) is 0 Å². The topological polar surface area (TPSA) is 171 Å². The molecule has 1 amide bonds. The number of nitrogens with zero attached hydrogens (tertiary/aromatic N) is 3. The molecule has 0 spiro atoms. The number of hydrogen-bond donors (Lipinski definition) is 1. The highest BCUT2D eigenvalue weighted by molar-refractivity contribution is 7.92. The van der Waals surface area contributed by atoms with Gasteiger partial charge in [0.1, 0.15) is 16.9 Å². The normalized spacial score (nSPS) is 11.1. The molecule has 7 rings (SSSR count). The number of amides is 1. The molecule has 1 N–H and O–H groups in total. The molecule has 0 aliphatic rings. The minimum Gasteiger partial charge on any atom is -0.423 e. The Labute approximate surface area is 338 Å². The van der Waals surface area contributed by atoms with Crippen molar-refractivity contribution >= 4 is 55.3 Å². The second-order valence-corrected chi connectivity index (χ2v) is 15.8. The Morgan fingerprint density at radius 2 is 1.40 bits per heavy atom. The molecule has 3 aromatic heterocycles. The lowest BCUT2D eigenvalue weighted by Gasteiger charge is -2.12. The molecule has 13 nitrogen and oxygen atoms in total. The number of rotatable bonds is 10. The maximum Gasteiger partial charge on any atom is 0.414 e. The molecule has 7 aromatic rings. The van der Waals surface area contributed by atoms with E-state index < -0.39 is 21.7 Å². The zero-order valence-electron chi connectivity index (χ0n) is 32.2. The number of sulfonamides is 1. The van der Waals surface area contributed by atoms with Crippen LogP contribution in [0.2, 0.25) is 5.02 Å². The number of carbonyl (C=O) groups excluding carboxylic acids is 1. The smallest absolute Gasteiger partial charge is 0.414 e. The Morgan fingerprint density at radius 3 is 2.05 bits per heavy atom. The third kappa shape index (κ3) is 9.89. The van der Waals surface area contributed by atoms with Crippen molar-refractivity contribution in [3.8, 4) is 17.5 Å². The predicted molar refractivity (Wildman–Crippen MR) is 223 cm³/mol. The third-order valence-corrected chi connectivity index (χ3v) is 10.7. The van der Waals surface area contributed by atoms with E-state index in [9.17, 15) is 22.8 Å². The SMILES string of the molecule is CCS(=O)(=O)Nc1cccc(Cc2c(C)c3cc(Cl)c(Oc4ncccn4)cc3oc2=O)c1.Cc1c(Cc2ccccc2)c(=O)oc2cc(OC(=O)N(C)C)ccc12. The second kappa shape index (κ2) is 17.7. The number of halogens is 1. The molecule has 0 saturated carbocycles. The molecule has 0 fully saturated rings. The van der Waals surface area contributed by atoms with Gasteiger partial charge in [-0.3, -0.25) is 4.72 Å². The van der Waals surface area contributed by atoms with Crippen LogP contribution >= 0.6 is 11.6 Å². The van der Waals surface area contributed by atoms with Gasteiger partial charge in [0.15, 0.2) is 5.75 Å². The van der Waals surface area contributed by atoms with Gasteiger partial charge in [0.2, 0.25) is 10.0 Å². The standard InChI is InChI=1S/C23H20ClN3O5S.C20H19NO4/c1-3-33(29,30)27-16-7-4-6-15(10-16)11-18-14(2)17-12-19(24)21(13-20(17)31-22(18)28)32-23-25-8-5-9-26-23;1-13-16-10-9-15(24-20(23)21(2)3)12-18(16)25-19(22)17(13)11-14-7-5-4-6-8-14/h4-10,12-13,27H,3,11H2,1-2H3;4-10,12H,11H2,1-3H3. The molecule has 58 heavy (non-hydrogen) atoms. The summed E-state index contributed by atoms with van der Waals surface area (Å²) in [6, 6.07) is 26.7. The molecule has 0 radical (unpaired) electrons. The van der Waals surface area contributed by atoms with E-state index in [1.807, 2.05) is 50.2 Å². The van der Waals surface area contributed by atoms with E-state index in [2.05, 4.69) is 14.7 Å². The summed E-state index contributed by atoms with van der Waals surface area (Å²) in [6.45, 7) is 5.28. The lowest BCUT2D eigenvalue weighted by molar-refractivity contribution is 0.172. The summed E-state index contributed by atoms with van der Waals surface area (Å²) in [7, 11) is -0.203. The van der Waals surface area contributed by atoms with Crippen LogP contribution in [0.25, 0.3) is 21.9 Å². The number of carbonyl (C=O) groups is 1. The average Bonchev–Trinajstić information content (AvgIpc) is 3.20. The fourth-order valence-electron chi connectivity index (χ4n) is 5.94. The van der Waals surface area contributed by atoms with Crippen molar-refractivity contribution in [3.05, 3.63) is 163 Å². The molecule has 0 saturated heterocycles. The number of aryl methyl sites for hydroxylation is 2. The van der Waals surface area contributed by atoms with E-state index in [4.69, 9.17) is 29.9 Å². The summed E-state index contributed by atoms with van der Waals surface area (Å²) in [5, 5.41) is 1.81. The Balaban J connectivity index is 0.000000203. The number of fused-ring (bicyclic) bond motifs is 2. The number of nitrogens with one attached hydrogen (secondary N) is 1. The Bertz CT molecular complexity index is 2850. The fourth-order valence-corrected chi connectivity index (χ4v) is 6.78. The van der Waals surface area contributed by atoms with E-state index in [0.29, 0.717) is 56.1 Å². The van der Waals surface area contributed by atoms with Crippen molar-refractivity contribution in [1.82, 2.24) is 14.9 Å². The highest BCUT2D eigenvalue weighted by Gasteiger charge is 2.18. The van der Waals surface area contributed by atoms with Crippen molar-refractivity contribution in [1.29, 1.82) is 0 Å². The van der Waals surface area contributed by atoms with Gasteiger partial charge in [-0.05, 0) is 79.4 Å². The van der Waals surface area contributed by atoms with Crippen LogP contribution in [0.4, 0.5) is 10.5 Å². The average molecular weight is 823 g/mol. The summed E-state index contributed by atoms with van der Waals surface area (Å²) in [5.74, 6) is 0.569. The lowest BCUT2D eigenvalue weighted by Crippen LogP contribution is -2.25. The van der Waals surface area contributed by atoms with Crippen molar-refractivity contribution < 1.29 is 31.5 Å². The zero-order chi connectivity index (χ0) is 41.6. The molecule has 3 heterocycles. The highest BCUT2D eigenvalue weighted by atomic mass is 35.5. The maximum absolute atomic E-state index is 12.8. The first kappa shape index (κ1) is 41.1. The Morgan fingerprint density at radius 1 is 0.776 bits per heavy atom. The van der Waals surface area contributed by atoms with Gasteiger partial charge in [-0.2, -0.15) is 0 Å². The first-order valence-electron chi connectivity index (χ1n) is 18.0. The first-order valence-corrected chi connectivity index (χ1v) is 20.0. The van der Waals surface area contributed by atoms with E-state index in [1.165, 1.54) is 23.4 Å². The van der Waals surface area contributed by atoms with Crippen LogP contribution in [0, 0.1) is 13.8 Å². The number of aromatic nitrogens is 2. The molecule has 4 aromatic carbocycles. The van der Waals surface area contributed by atoms with Gasteiger partial charge in [0.25, 0.3) is 0 Å². The minimum atomic E-state index is -3.40. The number of anilines is 1. The van der Waals surface area contributed by atoms with E-state index in [-0.39, 0.29) is 29.6 Å². The van der Waals surface area contributed by atoms with Crippen LogP contribution < -0.4 is 25.4 Å². The lowest BCUT2D eigenvalue weighted by atomic mass is 9.99. The Hall–Kier alpha value is -6.51. The van der Waals surface area contributed by atoms with Gasteiger partial charge in [-0.25, -0.2) is 32.8 Å². The van der Waals surface area contributed by atoms with Gasteiger partial charge >= 0.3 is 23.4 Å². The molecule has 0 aliphatic carbocycles. The van der Waals surface area contributed by atoms with Crippen LogP contribution in [0.1, 0.15) is 40.3 Å². The summed E-state index contributed by atoms with van der Waals surface area (Å²) in [5.41, 5.74) is 4.78. The third-order valence-electron chi connectivity index (χ3n) is 9.10. The summed E-state index contributed by atoms with van der Waals surface area (Å²) >= 11 is 6.41. The van der Waals surface area contributed by atoms with E-state index in [0.717, 1.165) is 22.1 Å². The van der Waals surface area contributed by atoms with Gasteiger partial charge in [0, 0.05) is 79.1 Å². The summed E-state index contributed by atoms with van der Waals surface area (Å²) in [6.07, 6.45) is 3.37. The molecule has 0 unspecified atom stereocenters. The van der Waals surface area contributed by atoms with Gasteiger partial charge in [-0.15, -0.1) is 0 Å². The minimum absolute atomic E-state index is 0.0343. The fraction of sp³-hybridized carbons (Fsp3) is 0.186. The molecule has 0 bridgehead atoms. The van der Waals surface area contributed by atoms with Crippen LogP contribution in [0.5, 0.6) is 17.5 Å². The van der Waals surface area contributed by atoms with Crippen LogP contribution in [-0.2, 0) is 22.9 Å². The zero-order valence-corrected chi connectivity index (χ0v) is 33.8. The predicted octanol–water partition coefficient (Wildman–Crippen LogP) is 8.44. The Kier molecular flexibility index (Phi) is 12.6. The second-order valence-electron chi connectivity index (χ2n) is 13.4. The van der Waals surface area contributed by atoms with Crippen molar-refractivity contribution in [2.75, 3.05) is 24.6 Å². The summed E-state index contributed by atoms with van der Waals surface area (Å²) in [4.78, 5) is 46.2. The molecule has 298 valence electrons. The number of benzene rings is 4. The van der Waals surface area contributed by atoms with Crippen molar-refractivity contribution in [2.45, 2.75) is 33.6 Å². The van der Waals surface area contributed by atoms with Crippen LogP contribution in [-0.4, -0.2) is 49.2 Å². The van der Waals surface area contributed by atoms with Gasteiger partial charge in [0.05, 0.1) is 10.8 Å². The molecule has 0 aliphatic heterocycles. The monoisotopic (exact) mass is 822 g/mol. The van der Waals surface area contributed by atoms with Gasteiger partial charge < -0.3 is 23.2 Å². The van der Waals surface area contributed by atoms with Crippen LogP contribution in [0.3, 0.4) is 0 Å². The molecular weight excluding hydrogens is 784 g/mol. The van der Waals surface area contributed by atoms with E-state index in [1.54, 1.807) is 69.6 Å². The summed E-state index contributed by atoms with van der Waals surface area (Å²) < 4.78 is 48.1. The molecular formula is C43H39ClN4O9S. The molecule has 0 atom stereocenters. The van der Waals surface area contributed by atoms with Gasteiger partial charge in [-0.1, -0.05) is 54.1 Å². The molecule has 15 heteroatoms. The highest BCUT2D eigenvalue weighted by Crippen LogP contribution is 2.34. The number of ether oxygens (including phenoxy) is 2. The van der Waals surface area contributed by atoms with Crippen LogP contribution in [0.15, 0.2) is 122 Å². The quantitative estimate of drug-likeness (QED) is 0.131. The number of hydrogen-bond acceptors (Lipinski definition) is 11. The maximum atomic E-state index is 12.8. The largest absolute Gasteiger partial charge is 0.423 e. The first-order chi connectivity index (χ1) is 27.7. The van der Waals surface area contributed by atoms with Crippen molar-refractivity contribution in [3.63, 3.8) is 0 Å². The van der Waals surface area contributed by atoms with E-state index >= 15 is 0 Å².